The molecule has 2 unspecified atom stereocenters. The van der Waals surface area contributed by atoms with Crippen molar-refractivity contribution in [2.75, 3.05) is 6.54 Å². The Bertz CT molecular complexity index is 393. The second-order valence-corrected chi connectivity index (χ2v) is 5.46. The van der Waals surface area contributed by atoms with Gasteiger partial charge >= 0.3 is 5.97 Å². The summed E-state index contributed by atoms with van der Waals surface area (Å²) in [4.78, 5) is 18.0. The lowest BCUT2D eigenvalue weighted by atomic mass is 9.92. The van der Waals surface area contributed by atoms with Gasteiger partial charge in [-0.2, -0.15) is 0 Å². The van der Waals surface area contributed by atoms with Crippen LogP contribution in [0.2, 0.25) is 0 Å². The molecule has 0 spiro atoms. The summed E-state index contributed by atoms with van der Waals surface area (Å²) in [7, 11) is 0. The van der Waals surface area contributed by atoms with Gasteiger partial charge in [0.25, 0.3) is 0 Å². The number of aromatic nitrogens is 1. The van der Waals surface area contributed by atoms with Gasteiger partial charge in [-0.1, -0.05) is 6.92 Å². The SMILES string of the molecule is CCC1(C(=O)O)CCCN1C(C)c1nccs1. The third-order valence-electron chi connectivity index (χ3n) is 3.80. The number of aliphatic carboxylic acids is 1. The van der Waals surface area contributed by atoms with Crippen molar-refractivity contribution in [2.45, 2.75) is 44.7 Å². The lowest BCUT2D eigenvalue weighted by molar-refractivity contribution is -0.151. The van der Waals surface area contributed by atoms with Crippen LogP contribution in [0, 0.1) is 0 Å². The molecule has 1 aromatic rings. The molecule has 5 heteroatoms. The number of rotatable bonds is 4. The molecule has 0 bridgehead atoms. The third-order valence-corrected chi connectivity index (χ3v) is 4.74. The van der Waals surface area contributed by atoms with Gasteiger partial charge in [-0.3, -0.25) is 9.69 Å². The Morgan fingerprint density at radius 3 is 3.06 bits per heavy atom. The molecule has 0 aliphatic carbocycles. The minimum Gasteiger partial charge on any atom is -0.480 e. The van der Waals surface area contributed by atoms with Crippen LogP contribution in [0.4, 0.5) is 0 Å². The van der Waals surface area contributed by atoms with E-state index in [1.165, 1.54) is 0 Å². The minimum absolute atomic E-state index is 0.0912. The Kier molecular flexibility index (Phi) is 3.49. The molecule has 0 radical (unpaired) electrons. The Morgan fingerprint density at radius 1 is 1.76 bits per heavy atom. The van der Waals surface area contributed by atoms with Crippen molar-refractivity contribution >= 4 is 17.3 Å². The van der Waals surface area contributed by atoms with Crippen LogP contribution in [0.15, 0.2) is 11.6 Å². The number of likely N-dealkylation sites (tertiary alicyclic amines) is 1. The average Bonchev–Trinajstić information content (AvgIpc) is 2.97. The summed E-state index contributed by atoms with van der Waals surface area (Å²) in [5.74, 6) is -0.694. The molecule has 0 aromatic carbocycles. The molecular weight excluding hydrogens is 236 g/mol. The summed E-state index contributed by atoms with van der Waals surface area (Å²) in [5, 5.41) is 12.5. The molecule has 2 heterocycles. The van der Waals surface area contributed by atoms with Crippen LogP contribution in [0.1, 0.15) is 44.2 Å². The minimum atomic E-state index is -0.694. The van der Waals surface area contributed by atoms with Crippen LogP contribution in [0.25, 0.3) is 0 Å². The molecule has 1 aliphatic rings. The molecule has 2 atom stereocenters. The second-order valence-electron chi connectivity index (χ2n) is 4.53. The standard InChI is InChI=1S/C12H18N2O2S/c1-3-12(11(15)16)5-4-7-14(12)9(2)10-13-6-8-17-10/h6,8-9H,3-5,7H2,1-2H3,(H,15,16). The van der Waals surface area contributed by atoms with Gasteiger partial charge in [0.05, 0.1) is 6.04 Å². The first-order valence-corrected chi connectivity index (χ1v) is 6.89. The van der Waals surface area contributed by atoms with Gasteiger partial charge in [0.1, 0.15) is 10.5 Å². The topological polar surface area (TPSA) is 53.4 Å². The lowest BCUT2D eigenvalue weighted by Crippen LogP contribution is -2.50. The monoisotopic (exact) mass is 254 g/mol. The van der Waals surface area contributed by atoms with Crippen LogP contribution in [0.3, 0.4) is 0 Å². The highest BCUT2D eigenvalue weighted by Crippen LogP contribution is 2.39. The van der Waals surface area contributed by atoms with Crippen molar-refractivity contribution in [3.05, 3.63) is 16.6 Å². The second kappa shape index (κ2) is 4.74. The molecular formula is C12H18N2O2S. The van der Waals surface area contributed by atoms with E-state index in [1.807, 2.05) is 12.3 Å². The smallest absolute Gasteiger partial charge is 0.324 e. The van der Waals surface area contributed by atoms with Gasteiger partial charge in [0.15, 0.2) is 0 Å². The van der Waals surface area contributed by atoms with Crippen LogP contribution in [-0.2, 0) is 4.79 Å². The van der Waals surface area contributed by atoms with Crippen molar-refractivity contribution in [2.24, 2.45) is 0 Å². The fourth-order valence-electron chi connectivity index (χ4n) is 2.80. The maximum absolute atomic E-state index is 11.6. The van der Waals surface area contributed by atoms with Crippen LogP contribution in [-0.4, -0.2) is 33.0 Å². The highest BCUT2D eigenvalue weighted by Gasteiger charge is 2.48. The molecule has 1 saturated heterocycles. The van der Waals surface area contributed by atoms with E-state index >= 15 is 0 Å². The molecule has 17 heavy (non-hydrogen) atoms. The van der Waals surface area contributed by atoms with Gasteiger partial charge in [0, 0.05) is 18.1 Å². The van der Waals surface area contributed by atoms with Gasteiger partial charge in [-0.05, 0) is 26.2 Å². The largest absolute Gasteiger partial charge is 0.480 e. The van der Waals surface area contributed by atoms with E-state index in [1.54, 1.807) is 17.5 Å². The number of carbonyl (C=O) groups is 1. The number of hydrogen-bond donors (Lipinski definition) is 1. The van der Waals surface area contributed by atoms with E-state index in [0.717, 1.165) is 24.4 Å². The quantitative estimate of drug-likeness (QED) is 0.897. The molecule has 2 rings (SSSR count). The molecule has 4 nitrogen and oxygen atoms in total. The first-order chi connectivity index (χ1) is 8.12. The van der Waals surface area contributed by atoms with Gasteiger partial charge in [0.2, 0.25) is 0 Å². The zero-order valence-electron chi connectivity index (χ0n) is 10.2. The average molecular weight is 254 g/mol. The summed E-state index contributed by atoms with van der Waals surface area (Å²) in [6, 6.07) is 0.0912. The number of nitrogens with zero attached hydrogens (tertiary/aromatic N) is 2. The lowest BCUT2D eigenvalue weighted by Gasteiger charge is -2.37. The van der Waals surface area contributed by atoms with Crippen molar-refractivity contribution in [1.29, 1.82) is 0 Å². The third kappa shape index (κ3) is 1.98. The summed E-state index contributed by atoms with van der Waals surface area (Å²) in [6.45, 7) is 4.86. The summed E-state index contributed by atoms with van der Waals surface area (Å²) in [5.41, 5.74) is -0.689. The fraction of sp³-hybridized carbons (Fsp3) is 0.667. The van der Waals surface area contributed by atoms with Crippen molar-refractivity contribution < 1.29 is 9.90 Å². The molecule has 94 valence electrons. The maximum Gasteiger partial charge on any atom is 0.324 e. The van der Waals surface area contributed by atoms with E-state index in [2.05, 4.69) is 16.8 Å². The summed E-state index contributed by atoms with van der Waals surface area (Å²) < 4.78 is 0. The molecule has 1 N–H and O–H groups in total. The fourth-order valence-corrected chi connectivity index (χ4v) is 3.51. The highest BCUT2D eigenvalue weighted by atomic mass is 32.1. The number of hydrogen-bond acceptors (Lipinski definition) is 4. The van der Waals surface area contributed by atoms with E-state index in [-0.39, 0.29) is 6.04 Å². The van der Waals surface area contributed by atoms with Gasteiger partial charge in [-0.15, -0.1) is 11.3 Å². The van der Waals surface area contributed by atoms with Crippen molar-refractivity contribution in [1.82, 2.24) is 9.88 Å². The van der Waals surface area contributed by atoms with Gasteiger partial charge < -0.3 is 5.11 Å². The highest BCUT2D eigenvalue weighted by molar-refractivity contribution is 7.09. The van der Waals surface area contributed by atoms with Crippen molar-refractivity contribution in [3.8, 4) is 0 Å². The molecule has 1 fully saturated rings. The Balaban J connectivity index is 2.28. The predicted octanol–water partition coefficient (Wildman–Crippen LogP) is 2.53. The summed E-state index contributed by atoms with van der Waals surface area (Å²) in [6.07, 6.45) is 4.13. The predicted molar refractivity (Wildman–Crippen MR) is 67.1 cm³/mol. The Morgan fingerprint density at radius 2 is 2.53 bits per heavy atom. The molecule has 1 aliphatic heterocycles. The molecule has 1 aromatic heterocycles. The maximum atomic E-state index is 11.6. The number of carboxylic acid groups (broad SMARTS) is 1. The van der Waals surface area contributed by atoms with E-state index in [0.29, 0.717) is 6.42 Å². The number of carboxylic acids is 1. The Labute approximate surface area is 105 Å². The first-order valence-electron chi connectivity index (χ1n) is 6.01. The normalized spacial score (nSPS) is 27.2. The van der Waals surface area contributed by atoms with Gasteiger partial charge in [-0.25, -0.2) is 4.98 Å². The van der Waals surface area contributed by atoms with Crippen molar-refractivity contribution in [3.63, 3.8) is 0 Å². The zero-order valence-corrected chi connectivity index (χ0v) is 11.0. The zero-order chi connectivity index (χ0) is 12.5. The molecule has 0 amide bonds. The van der Waals surface area contributed by atoms with E-state index in [9.17, 15) is 9.90 Å². The van der Waals surface area contributed by atoms with E-state index < -0.39 is 11.5 Å². The number of thiazole rings is 1. The summed E-state index contributed by atoms with van der Waals surface area (Å²) >= 11 is 1.60. The van der Waals surface area contributed by atoms with Crippen LogP contribution in [0.5, 0.6) is 0 Å². The van der Waals surface area contributed by atoms with E-state index in [4.69, 9.17) is 0 Å². The van der Waals surface area contributed by atoms with Crippen LogP contribution >= 0.6 is 11.3 Å². The van der Waals surface area contributed by atoms with Crippen LogP contribution < -0.4 is 0 Å². The first kappa shape index (κ1) is 12.5. The molecule has 0 saturated carbocycles. The Hall–Kier alpha value is -0.940.